The zero-order valence-corrected chi connectivity index (χ0v) is 20.1. The summed E-state index contributed by atoms with van der Waals surface area (Å²) >= 11 is 0. The van der Waals surface area contributed by atoms with Gasteiger partial charge in [-0.25, -0.2) is 17.9 Å². The summed E-state index contributed by atoms with van der Waals surface area (Å²) in [6.45, 7) is 6.58. The molecule has 0 aliphatic rings. The van der Waals surface area contributed by atoms with Crippen LogP contribution >= 0.6 is 0 Å². The second kappa shape index (κ2) is 13.2. The van der Waals surface area contributed by atoms with Crippen molar-refractivity contribution in [2.45, 2.75) is 76.7 Å². The number of esters is 1. The van der Waals surface area contributed by atoms with Crippen LogP contribution in [-0.2, 0) is 10.0 Å². The minimum absolute atomic E-state index is 0.129. The van der Waals surface area contributed by atoms with E-state index in [2.05, 4.69) is 11.6 Å². The summed E-state index contributed by atoms with van der Waals surface area (Å²) in [4.78, 5) is 12.5. The van der Waals surface area contributed by atoms with Crippen LogP contribution in [0.3, 0.4) is 0 Å². The number of nitrogens with one attached hydrogen (secondary N) is 1. The first-order valence-electron chi connectivity index (χ1n) is 11.4. The maximum absolute atomic E-state index is 12.4. The summed E-state index contributed by atoms with van der Waals surface area (Å²) in [5.41, 5.74) is 0.395. The molecule has 2 aromatic carbocycles. The summed E-state index contributed by atoms with van der Waals surface area (Å²) in [5.74, 6) is 0.486. The van der Waals surface area contributed by atoms with E-state index in [0.717, 1.165) is 18.6 Å². The topological polar surface area (TPSA) is 81.7 Å². The Bertz CT molecular complexity index is 924. The van der Waals surface area contributed by atoms with Gasteiger partial charge in [0.15, 0.2) is 0 Å². The first-order chi connectivity index (χ1) is 15.4. The summed E-state index contributed by atoms with van der Waals surface area (Å²) < 4.78 is 38.3. The van der Waals surface area contributed by atoms with E-state index in [0.29, 0.717) is 18.6 Å². The molecule has 0 fully saturated rings. The van der Waals surface area contributed by atoms with Crippen LogP contribution in [0.1, 0.15) is 76.1 Å². The number of sulfonamides is 1. The van der Waals surface area contributed by atoms with Crippen molar-refractivity contribution in [2.24, 2.45) is 0 Å². The quantitative estimate of drug-likeness (QED) is 0.221. The van der Waals surface area contributed by atoms with E-state index in [4.69, 9.17) is 9.47 Å². The number of carbonyl (C=O) groups excluding carboxylic acids is 1. The van der Waals surface area contributed by atoms with E-state index < -0.39 is 16.0 Å². The Morgan fingerprint density at radius 2 is 1.47 bits per heavy atom. The van der Waals surface area contributed by atoms with Gasteiger partial charge in [-0.1, -0.05) is 46.0 Å². The minimum atomic E-state index is -3.59. The summed E-state index contributed by atoms with van der Waals surface area (Å²) in [7, 11) is -3.59. The monoisotopic (exact) mass is 461 g/mol. The van der Waals surface area contributed by atoms with E-state index in [1.54, 1.807) is 31.2 Å². The maximum Gasteiger partial charge on any atom is 0.343 e. The van der Waals surface area contributed by atoms with Crippen LogP contribution in [0.25, 0.3) is 0 Å². The predicted octanol–water partition coefficient (Wildman–Crippen LogP) is 5.72. The van der Waals surface area contributed by atoms with Crippen LogP contribution in [-0.4, -0.2) is 27.0 Å². The van der Waals surface area contributed by atoms with Crippen LogP contribution in [0.4, 0.5) is 0 Å². The lowest BCUT2D eigenvalue weighted by Gasteiger charge is -2.12. The molecule has 0 heterocycles. The molecule has 2 rings (SSSR count). The molecule has 0 aromatic heterocycles. The van der Waals surface area contributed by atoms with Crippen molar-refractivity contribution in [3.63, 3.8) is 0 Å². The zero-order chi connectivity index (χ0) is 23.4. The van der Waals surface area contributed by atoms with Crippen molar-refractivity contribution >= 4 is 16.0 Å². The van der Waals surface area contributed by atoms with E-state index >= 15 is 0 Å². The fourth-order valence-corrected chi connectivity index (χ4v) is 4.36. The van der Waals surface area contributed by atoms with Crippen LogP contribution in [0.15, 0.2) is 53.4 Å². The minimum Gasteiger partial charge on any atom is -0.494 e. The number of hydrogen-bond donors (Lipinski definition) is 1. The van der Waals surface area contributed by atoms with Gasteiger partial charge in [-0.15, -0.1) is 0 Å². The third-order valence-electron chi connectivity index (χ3n) is 5.17. The number of hydrogen-bond acceptors (Lipinski definition) is 5. The standard InChI is InChI=1S/C25H35NO5S/c1-4-6-7-8-9-10-19-30-22-13-11-21(12-14-22)25(27)31-23-15-17-24(18-16-23)32(28,29)26-20(3)5-2/h11-18,20,26H,4-10,19H2,1-3H3. The molecular formula is C25H35NO5S. The van der Waals surface area contributed by atoms with Gasteiger partial charge in [-0.3, -0.25) is 0 Å². The summed E-state index contributed by atoms with van der Waals surface area (Å²) in [5, 5.41) is 0. The molecule has 32 heavy (non-hydrogen) atoms. The third-order valence-corrected chi connectivity index (χ3v) is 6.78. The molecular weight excluding hydrogens is 426 g/mol. The third kappa shape index (κ3) is 8.63. The highest BCUT2D eigenvalue weighted by molar-refractivity contribution is 7.89. The molecule has 6 nitrogen and oxygen atoms in total. The van der Waals surface area contributed by atoms with E-state index in [9.17, 15) is 13.2 Å². The molecule has 0 spiro atoms. The Hall–Kier alpha value is -2.38. The predicted molar refractivity (Wildman–Crippen MR) is 127 cm³/mol. The van der Waals surface area contributed by atoms with Gasteiger partial charge in [-0.2, -0.15) is 0 Å². The lowest BCUT2D eigenvalue weighted by atomic mass is 10.1. The molecule has 0 saturated heterocycles. The van der Waals surface area contributed by atoms with Crippen molar-refractivity contribution in [1.29, 1.82) is 0 Å². The number of ether oxygens (including phenoxy) is 2. The smallest absolute Gasteiger partial charge is 0.343 e. The number of unbranched alkanes of at least 4 members (excludes halogenated alkanes) is 5. The average Bonchev–Trinajstić information content (AvgIpc) is 2.79. The first-order valence-corrected chi connectivity index (χ1v) is 12.9. The summed E-state index contributed by atoms with van der Waals surface area (Å²) in [6, 6.07) is 12.5. The highest BCUT2D eigenvalue weighted by Gasteiger charge is 2.17. The van der Waals surface area contributed by atoms with Crippen LogP contribution < -0.4 is 14.2 Å². The van der Waals surface area contributed by atoms with Gasteiger partial charge in [0, 0.05) is 6.04 Å². The van der Waals surface area contributed by atoms with Crippen molar-refractivity contribution in [3.05, 3.63) is 54.1 Å². The Balaban J connectivity index is 1.83. The average molecular weight is 462 g/mol. The maximum atomic E-state index is 12.4. The molecule has 0 radical (unpaired) electrons. The Labute approximate surface area is 192 Å². The van der Waals surface area contributed by atoms with Crippen molar-refractivity contribution < 1.29 is 22.7 Å². The summed E-state index contributed by atoms with van der Waals surface area (Å²) in [6.07, 6.45) is 7.93. The number of benzene rings is 2. The molecule has 2 aromatic rings. The highest BCUT2D eigenvalue weighted by atomic mass is 32.2. The Morgan fingerprint density at radius 1 is 0.875 bits per heavy atom. The molecule has 1 N–H and O–H groups in total. The molecule has 0 amide bonds. The molecule has 0 saturated carbocycles. The van der Waals surface area contributed by atoms with Gasteiger partial charge >= 0.3 is 5.97 Å². The van der Waals surface area contributed by atoms with Crippen molar-refractivity contribution in [1.82, 2.24) is 4.72 Å². The second-order valence-corrected chi connectivity index (χ2v) is 9.65. The van der Waals surface area contributed by atoms with Gasteiger partial charge in [0.1, 0.15) is 11.5 Å². The largest absolute Gasteiger partial charge is 0.494 e. The Kier molecular flexibility index (Phi) is 10.7. The van der Waals surface area contributed by atoms with Gasteiger partial charge < -0.3 is 9.47 Å². The Morgan fingerprint density at radius 3 is 2.09 bits per heavy atom. The second-order valence-electron chi connectivity index (χ2n) is 7.93. The zero-order valence-electron chi connectivity index (χ0n) is 19.3. The fraction of sp³-hybridized carbons (Fsp3) is 0.480. The normalized spacial score (nSPS) is 12.3. The lowest BCUT2D eigenvalue weighted by Crippen LogP contribution is -2.31. The van der Waals surface area contributed by atoms with Crippen molar-refractivity contribution in [2.75, 3.05) is 6.61 Å². The molecule has 176 valence electrons. The van der Waals surface area contributed by atoms with Gasteiger partial charge in [0.2, 0.25) is 10.0 Å². The van der Waals surface area contributed by atoms with Gasteiger partial charge in [0.25, 0.3) is 0 Å². The van der Waals surface area contributed by atoms with E-state index in [1.807, 2.05) is 6.92 Å². The van der Waals surface area contributed by atoms with E-state index in [1.165, 1.54) is 49.9 Å². The number of carbonyl (C=O) groups is 1. The van der Waals surface area contributed by atoms with Crippen molar-refractivity contribution in [3.8, 4) is 11.5 Å². The SMILES string of the molecule is CCCCCCCCOc1ccc(C(=O)Oc2ccc(S(=O)(=O)NC(C)CC)cc2)cc1. The fourth-order valence-electron chi connectivity index (χ4n) is 3.03. The highest BCUT2D eigenvalue weighted by Crippen LogP contribution is 2.19. The van der Waals surface area contributed by atoms with E-state index in [-0.39, 0.29) is 16.7 Å². The van der Waals surface area contributed by atoms with Crippen LogP contribution in [0.5, 0.6) is 11.5 Å². The molecule has 0 aliphatic heterocycles. The van der Waals surface area contributed by atoms with Gasteiger partial charge in [-0.05, 0) is 68.3 Å². The van der Waals surface area contributed by atoms with Crippen LogP contribution in [0, 0.1) is 0 Å². The molecule has 0 bridgehead atoms. The molecule has 0 aliphatic carbocycles. The lowest BCUT2D eigenvalue weighted by molar-refractivity contribution is 0.0734. The molecule has 1 atom stereocenters. The van der Waals surface area contributed by atoms with Gasteiger partial charge in [0.05, 0.1) is 17.1 Å². The van der Waals surface area contributed by atoms with Crippen LogP contribution in [0.2, 0.25) is 0 Å². The number of rotatable bonds is 14. The molecule has 7 heteroatoms. The molecule has 1 unspecified atom stereocenters. The first kappa shape index (κ1) is 25.9.